The minimum Gasteiger partial charge on any atom is -0.472 e. The molecule has 3 atom stereocenters. The molecule has 2 aromatic carbocycles. The second-order valence-electron chi connectivity index (χ2n) is 9.78. The molecule has 194 valence electrons. The lowest BCUT2D eigenvalue weighted by molar-refractivity contribution is 0.0324. The van der Waals surface area contributed by atoms with Gasteiger partial charge >= 0.3 is 0 Å². The Bertz CT molecular complexity index is 1230. The van der Waals surface area contributed by atoms with Crippen LogP contribution in [0.3, 0.4) is 0 Å². The van der Waals surface area contributed by atoms with Crippen LogP contribution >= 0.6 is 0 Å². The molecule has 4 rings (SSSR count). The van der Waals surface area contributed by atoms with E-state index in [4.69, 9.17) is 4.74 Å². The number of aromatic nitrogens is 1. The lowest BCUT2D eigenvalue weighted by atomic mass is 9.99. The summed E-state index contributed by atoms with van der Waals surface area (Å²) in [6, 6.07) is 18.1. The molecule has 0 saturated carbocycles. The second-order valence-corrected chi connectivity index (χ2v) is 9.78. The van der Waals surface area contributed by atoms with Crippen LogP contribution in [-0.4, -0.2) is 64.7 Å². The van der Waals surface area contributed by atoms with Crippen LogP contribution in [-0.2, 0) is 6.54 Å². The van der Waals surface area contributed by atoms with Crippen LogP contribution in [0.15, 0.2) is 66.9 Å². The maximum Gasteiger partial charge on any atom is 0.259 e. The molecular formula is C30H34FN3O3. The van der Waals surface area contributed by atoms with Crippen LogP contribution in [0.4, 0.5) is 4.39 Å². The zero-order chi connectivity index (χ0) is 26.4. The van der Waals surface area contributed by atoms with Crippen molar-refractivity contribution in [2.75, 3.05) is 26.7 Å². The maximum atomic E-state index is 14.2. The molecular weight excluding hydrogens is 469 g/mol. The molecule has 7 heteroatoms. The van der Waals surface area contributed by atoms with Crippen molar-refractivity contribution < 1.29 is 19.0 Å². The third-order valence-electron chi connectivity index (χ3n) is 6.70. The number of carbonyl (C=O) groups is 1. The lowest BCUT2D eigenvalue weighted by Gasteiger charge is -2.37. The number of rotatable bonds is 8. The summed E-state index contributed by atoms with van der Waals surface area (Å²) < 4.78 is 20.6. The SMILES string of the molecule is C[C@@H]1CN([C@H](C)CO)C(=O)c2cc(/C=C/c3ccccc3)cnc2O[C@@H]1CN(C)Cc1ccccc1F. The zero-order valence-corrected chi connectivity index (χ0v) is 21.5. The van der Waals surface area contributed by atoms with E-state index < -0.39 is 0 Å². The number of hydrogen-bond acceptors (Lipinski definition) is 5. The summed E-state index contributed by atoms with van der Waals surface area (Å²) in [5.74, 6) is -0.233. The molecule has 0 spiro atoms. The molecule has 1 aliphatic rings. The van der Waals surface area contributed by atoms with E-state index in [1.807, 2.05) is 74.3 Å². The molecule has 1 amide bonds. The van der Waals surface area contributed by atoms with Crippen LogP contribution in [0, 0.1) is 11.7 Å². The Morgan fingerprint density at radius 1 is 1.16 bits per heavy atom. The Kier molecular flexibility index (Phi) is 8.69. The third kappa shape index (κ3) is 6.61. The van der Waals surface area contributed by atoms with Gasteiger partial charge in [0, 0.05) is 37.3 Å². The topological polar surface area (TPSA) is 65.9 Å². The van der Waals surface area contributed by atoms with Gasteiger partial charge in [-0.25, -0.2) is 9.37 Å². The third-order valence-corrected chi connectivity index (χ3v) is 6.70. The molecule has 1 aliphatic heterocycles. The highest BCUT2D eigenvalue weighted by atomic mass is 19.1. The summed E-state index contributed by atoms with van der Waals surface area (Å²) in [5, 5.41) is 9.87. The van der Waals surface area contributed by atoms with Gasteiger partial charge in [0.15, 0.2) is 0 Å². The number of aliphatic hydroxyl groups excluding tert-OH is 1. The summed E-state index contributed by atoms with van der Waals surface area (Å²) >= 11 is 0. The largest absolute Gasteiger partial charge is 0.472 e. The minimum atomic E-state index is -0.360. The van der Waals surface area contributed by atoms with Crippen molar-refractivity contribution in [3.63, 3.8) is 0 Å². The van der Waals surface area contributed by atoms with Crippen molar-refractivity contribution in [2.24, 2.45) is 5.92 Å². The number of carbonyl (C=O) groups excluding carboxylic acids is 1. The van der Waals surface area contributed by atoms with Gasteiger partial charge in [-0.3, -0.25) is 9.69 Å². The van der Waals surface area contributed by atoms with Crippen molar-refractivity contribution in [3.8, 4) is 5.88 Å². The maximum absolute atomic E-state index is 14.2. The van der Waals surface area contributed by atoms with E-state index in [0.29, 0.717) is 30.8 Å². The normalized spacial score (nSPS) is 18.9. The summed E-state index contributed by atoms with van der Waals surface area (Å²) in [6.45, 7) is 5.07. The van der Waals surface area contributed by atoms with Gasteiger partial charge in [0.25, 0.3) is 5.91 Å². The van der Waals surface area contributed by atoms with Crippen LogP contribution in [0.25, 0.3) is 12.2 Å². The molecule has 0 bridgehead atoms. The molecule has 0 fully saturated rings. The average molecular weight is 504 g/mol. The van der Waals surface area contributed by atoms with E-state index in [-0.39, 0.29) is 42.3 Å². The molecule has 1 aromatic heterocycles. The van der Waals surface area contributed by atoms with Crippen LogP contribution in [0.1, 0.15) is 40.9 Å². The first-order valence-electron chi connectivity index (χ1n) is 12.6. The fourth-order valence-corrected chi connectivity index (χ4v) is 4.47. The van der Waals surface area contributed by atoms with Gasteiger partial charge in [-0.2, -0.15) is 0 Å². The highest BCUT2D eigenvalue weighted by molar-refractivity contribution is 5.97. The monoisotopic (exact) mass is 503 g/mol. The number of ether oxygens (including phenoxy) is 1. The molecule has 0 radical (unpaired) electrons. The molecule has 3 aromatic rings. The number of aliphatic hydroxyl groups is 1. The number of benzene rings is 2. The van der Waals surface area contributed by atoms with Crippen LogP contribution in [0.5, 0.6) is 5.88 Å². The van der Waals surface area contributed by atoms with E-state index >= 15 is 0 Å². The van der Waals surface area contributed by atoms with E-state index in [0.717, 1.165) is 11.1 Å². The molecule has 1 N–H and O–H groups in total. The lowest BCUT2D eigenvalue weighted by Crippen LogP contribution is -2.49. The van der Waals surface area contributed by atoms with Crippen LogP contribution < -0.4 is 4.74 Å². The Morgan fingerprint density at radius 3 is 2.59 bits per heavy atom. The Morgan fingerprint density at radius 2 is 1.86 bits per heavy atom. The number of hydrogen-bond donors (Lipinski definition) is 1. The number of nitrogens with zero attached hydrogens (tertiary/aromatic N) is 3. The smallest absolute Gasteiger partial charge is 0.259 e. The van der Waals surface area contributed by atoms with E-state index in [1.165, 1.54) is 6.07 Å². The van der Waals surface area contributed by atoms with Crippen LogP contribution in [0.2, 0.25) is 0 Å². The quantitative estimate of drug-likeness (QED) is 0.481. The van der Waals surface area contributed by atoms with Crippen molar-refractivity contribution in [2.45, 2.75) is 32.5 Å². The average Bonchev–Trinajstić information content (AvgIpc) is 2.91. The van der Waals surface area contributed by atoms with Gasteiger partial charge in [-0.15, -0.1) is 0 Å². The molecule has 37 heavy (non-hydrogen) atoms. The summed E-state index contributed by atoms with van der Waals surface area (Å²) in [5.41, 5.74) is 2.80. The summed E-state index contributed by atoms with van der Waals surface area (Å²) in [7, 11) is 1.92. The Balaban J connectivity index is 1.61. The number of fused-ring (bicyclic) bond motifs is 1. The van der Waals surface area contributed by atoms with E-state index in [1.54, 1.807) is 29.3 Å². The Labute approximate surface area is 218 Å². The fourth-order valence-electron chi connectivity index (χ4n) is 4.47. The predicted molar refractivity (Wildman–Crippen MR) is 144 cm³/mol. The molecule has 2 heterocycles. The van der Waals surface area contributed by atoms with Gasteiger partial charge < -0.3 is 14.7 Å². The number of halogens is 1. The van der Waals surface area contributed by atoms with Gasteiger partial charge in [-0.1, -0.05) is 67.6 Å². The first-order valence-corrected chi connectivity index (χ1v) is 12.6. The molecule has 0 aliphatic carbocycles. The van der Waals surface area contributed by atoms with Crippen molar-refractivity contribution in [1.29, 1.82) is 0 Å². The Hall–Kier alpha value is -3.55. The highest BCUT2D eigenvalue weighted by Gasteiger charge is 2.34. The molecule has 0 saturated heterocycles. The second kappa shape index (κ2) is 12.1. The van der Waals surface area contributed by atoms with Gasteiger partial charge in [0.05, 0.1) is 12.6 Å². The minimum absolute atomic E-state index is 0.0476. The standard InChI is InChI=1S/C30H34FN3O3/c1-21-17-34(22(2)20-35)30(36)26-15-24(14-13-23-9-5-4-6-10-23)16-32-29(26)37-28(21)19-33(3)18-25-11-7-8-12-27(25)31/h4-16,21-22,28,35H,17-20H2,1-3H3/b14-13+/t21-,22-,28-/m1/s1. The number of amides is 1. The van der Waals surface area contributed by atoms with Gasteiger partial charge in [-0.05, 0) is 37.2 Å². The molecule has 0 unspecified atom stereocenters. The van der Waals surface area contributed by atoms with Crippen molar-refractivity contribution in [1.82, 2.24) is 14.8 Å². The number of pyridine rings is 1. The predicted octanol–water partition coefficient (Wildman–Crippen LogP) is 4.74. The van der Waals surface area contributed by atoms with Gasteiger partial charge in [0.1, 0.15) is 17.5 Å². The zero-order valence-electron chi connectivity index (χ0n) is 21.5. The summed E-state index contributed by atoms with van der Waals surface area (Å²) in [6.07, 6.45) is 5.28. The van der Waals surface area contributed by atoms with Crippen molar-refractivity contribution in [3.05, 3.63) is 94.9 Å². The molecule has 6 nitrogen and oxygen atoms in total. The highest BCUT2D eigenvalue weighted by Crippen LogP contribution is 2.28. The first-order chi connectivity index (χ1) is 17.9. The number of likely N-dealkylation sites (N-methyl/N-ethyl adjacent to an activating group) is 1. The summed E-state index contributed by atoms with van der Waals surface area (Å²) in [4.78, 5) is 21.8. The van der Waals surface area contributed by atoms with E-state index in [9.17, 15) is 14.3 Å². The van der Waals surface area contributed by atoms with Gasteiger partial charge in [0.2, 0.25) is 5.88 Å². The van der Waals surface area contributed by atoms with Crippen molar-refractivity contribution >= 4 is 18.1 Å². The first kappa shape index (κ1) is 26.5. The van der Waals surface area contributed by atoms with E-state index in [2.05, 4.69) is 4.98 Å². The fraction of sp³-hybridized carbons (Fsp3) is 0.333.